The fraction of sp³-hybridized carbons (Fsp3) is 0.400. The zero-order valence-electron chi connectivity index (χ0n) is 12.2. The van der Waals surface area contributed by atoms with Gasteiger partial charge in [0.1, 0.15) is 0 Å². The summed E-state index contributed by atoms with van der Waals surface area (Å²) in [6, 6.07) is 8.48. The highest BCUT2D eigenvalue weighted by molar-refractivity contribution is 14.1. The van der Waals surface area contributed by atoms with E-state index in [1.54, 1.807) is 0 Å². The Hall–Kier alpha value is -0.440. The molecule has 0 saturated carbocycles. The summed E-state index contributed by atoms with van der Waals surface area (Å²) in [6.45, 7) is 5.09. The Kier molecular flexibility index (Phi) is 6.21. The maximum absolute atomic E-state index is 5.79. The van der Waals surface area contributed by atoms with E-state index in [-0.39, 0.29) is 6.04 Å². The Balaban J connectivity index is 2.32. The third kappa shape index (κ3) is 3.85. The van der Waals surface area contributed by atoms with E-state index in [1.165, 1.54) is 14.8 Å². The summed E-state index contributed by atoms with van der Waals surface area (Å²) in [5, 5.41) is 4.65. The van der Waals surface area contributed by atoms with Crippen molar-refractivity contribution in [2.24, 2.45) is 5.84 Å². The van der Waals surface area contributed by atoms with Gasteiger partial charge in [-0.3, -0.25) is 16.0 Å². The largest absolute Gasteiger partial charge is 0.271 e. The average Bonchev–Trinajstić information content (AvgIpc) is 2.80. The smallest absolute Gasteiger partial charge is 0.0766 e. The van der Waals surface area contributed by atoms with Crippen molar-refractivity contribution in [1.29, 1.82) is 0 Å². The van der Waals surface area contributed by atoms with Crippen LogP contribution < -0.4 is 11.3 Å². The average molecular weight is 463 g/mol. The highest BCUT2D eigenvalue weighted by Gasteiger charge is 2.19. The molecular weight excluding hydrogens is 443 g/mol. The molecule has 0 aliphatic carbocycles. The summed E-state index contributed by atoms with van der Waals surface area (Å²) < 4.78 is 4.38. The maximum Gasteiger partial charge on any atom is 0.0766 e. The molecule has 0 aliphatic heterocycles. The standard InChI is InChI=1S/C15H20BrIN4/c1-3-12-15(16)14(21(4-2)20-12)9-13(19-18)10-6-5-7-11(17)8-10/h5-8,13,19H,3-4,9,18H2,1-2H3. The molecule has 1 unspecified atom stereocenters. The molecule has 0 aliphatic rings. The third-order valence-electron chi connectivity index (χ3n) is 3.54. The van der Waals surface area contributed by atoms with Crippen LogP contribution >= 0.6 is 38.5 Å². The van der Waals surface area contributed by atoms with Gasteiger partial charge in [-0.05, 0) is 69.6 Å². The first-order valence-corrected chi connectivity index (χ1v) is 8.93. The monoisotopic (exact) mass is 462 g/mol. The van der Waals surface area contributed by atoms with Crippen molar-refractivity contribution in [3.63, 3.8) is 0 Å². The first-order valence-electron chi connectivity index (χ1n) is 7.06. The van der Waals surface area contributed by atoms with E-state index in [4.69, 9.17) is 5.84 Å². The van der Waals surface area contributed by atoms with Gasteiger partial charge in [0.25, 0.3) is 0 Å². The van der Waals surface area contributed by atoms with Crippen LogP contribution in [0.25, 0.3) is 0 Å². The van der Waals surface area contributed by atoms with Crippen molar-refractivity contribution in [3.05, 3.63) is 49.3 Å². The van der Waals surface area contributed by atoms with Gasteiger partial charge in [0.2, 0.25) is 0 Å². The van der Waals surface area contributed by atoms with Gasteiger partial charge in [-0.2, -0.15) is 5.10 Å². The van der Waals surface area contributed by atoms with Gasteiger partial charge >= 0.3 is 0 Å². The highest BCUT2D eigenvalue weighted by atomic mass is 127. The Bertz CT molecular complexity index is 612. The Morgan fingerprint density at radius 3 is 2.76 bits per heavy atom. The van der Waals surface area contributed by atoms with Crippen molar-refractivity contribution in [2.75, 3.05) is 0 Å². The quantitative estimate of drug-likeness (QED) is 0.392. The Morgan fingerprint density at radius 1 is 1.43 bits per heavy atom. The molecule has 1 heterocycles. The van der Waals surface area contributed by atoms with Crippen LogP contribution in [0.1, 0.15) is 36.8 Å². The molecule has 2 aromatic rings. The Labute approximate surface area is 147 Å². The molecule has 1 atom stereocenters. The van der Waals surface area contributed by atoms with Crippen molar-refractivity contribution >= 4 is 38.5 Å². The lowest BCUT2D eigenvalue weighted by Gasteiger charge is -2.17. The van der Waals surface area contributed by atoms with E-state index < -0.39 is 0 Å². The van der Waals surface area contributed by atoms with Gasteiger partial charge in [-0.15, -0.1) is 0 Å². The molecule has 0 radical (unpaired) electrons. The third-order valence-corrected chi connectivity index (χ3v) is 5.13. The Morgan fingerprint density at radius 2 is 2.19 bits per heavy atom. The predicted octanol–water partition coefficient (Wildman–Crippen LogP) is 3.58. The lowest BCUT2D eigenvalue weighted by Crippen LogP contribution is -2.30. The molecule has 0 fully saturated rings. The molecule has 0 bridgehead atoms. The van der Waals surface area contributed by atoms with Gasteiger partial charge in [-0.25, -0.2) is 0 Å². The van der Waals surface area contributed by atoms with E-state index in [0.29, 0.717) is 0 Å². The number of aromatic nitrogens is 2. The van der Waals surface area contributed by atoms with E-state index in [2.05, 4.69) is 91.8 Å². The number of hydrazine groups is 1. The summed E-state index contributed by atoms with van der Waals surface area (Å²) in [5.41, 5.74) is 6.42. The number of aryl methyl sites for hydroxylation is 2. The number of nitrogens with two attached hydrogens (primary N) is 1. The van der Waals surface area contributed by atoms with Crippen LogP contribution in [0.2, 0.25) is 0 Å². The van der Waals surface area contributed by atoms with Crippen LogP contribution in [0.15, 0.2) is 28.7 Å². The first-order chi connectivity index (χ1) is 10.1. The minimum Gasteiger partial charge on any atom is -0.271 e. The molecule has 0 amide bonds. The number of benzene rings is 1. The van der Waals surface area contributed by atoms with Crippen LogP contribution in [-0.2, 0) is 19.4 Å². The van der Waals surface area contributed by atoms with Crippen LogP contribution in [0.4, 0.5) is 0 Å². The maximum atomic E-state index is 5.79. The molecule has 6 heteroatoms. The molecule has 0 saturated heterocycles. The van der Waals surface area contributed by atoms with Crippen LogP contribution in [0.3, 0.4) is 0 Å². The minimum atomic E-state index is 0.0720. The number of rotatable bonds is 6. The van der Waals surface area contributed by atoms with Crippen LogP contribution in [0.5, 0.6) is 0 Å². The minimum absolute atomic E-state index is 0.0720. The van der Waals surface area contributed by atoms with Gasteiger partial charge < -0.3 is 0 Å². The highest BCUT2D eigenvalue weighted by Crippen LogP contribution is 2.27. The SMILES string of the molecule is CCc1nn(CC)c(CC(NN)c2cccc(I)c2)c1Br. The summed E-state index contributed by atoms with van der Waals surface area (Å²) in [7, 11) is 0. The normalized spacial score (nSPS) is 12.6. The molecule has 0 spiro atoms. The van der Waals surface area contributed by atoms with Gasteiger partial charge in [0.05, 0.1) is 21.9 Å². The molecule has 21 heavy (non-hydrogen) atoms. The van der Waals surface area contributed by atoms with Crippen molar-refractivity contribution in [2.45, 2.75) is 39.3 Å². The number of nitrogens with zero attached hydrogens (tertiary/aromatic N) is 2. The molecular formula is C15H20BrIN4. The fourth-order valence-corrected chi connectivity index (χ4v) is 3.70. The zero-order chi connectivity index (χ0) is 15.4. The number of hydrogen-bond acceptors (Lipinski definition) is 3. The molecule has 1 aromatic carbocycles. The second-order valence-electron chi connectivity index (χ2n) is 4.86. The lowest BCUT2D eigenvalue weighted by atomic mass is 10.0. The molecule has 2 rings (SSSR count). The number of nitrogens with one attached hydrogen (secondary N) is 1. The van der Waals surface area contributed by atoms with Crippen molar-refractivity contribution in [1.82, 2.24) is 15.2 Å². The van der Waals surface area contributed by atoms with Gasteiger partial charge in [0.15, 0.2) is 0 Å². The molecule has 3 N–H and O–H groups in total. The topological polar surface area (TPSA) is 55.9 Å². The van der Waals surface area contributed by atoms with E-state index in [1.807, 2.05) is 0 Å². The predicted molar refractivity (Wildman–Crippen MR) is 97.9 cm³/mol. The van der Waals surface area contributed by atoms with Gasteiger partial charge in [-0.1, -0.05) is 19.1 Å². The summed E-state index contributed by atoms with van der Waals surface area (Å²) in [5.74, 6) is 5.79. The second kappa shape index (κ2) is 7.71. The number of hydrogen-bond donors (Lipinski definition) is 2. The van der Waals surface area contributed by atoms with Crippen LogP contribution in [0, 0.1) is 3.57 Å². The van der Waals surface area contributed by atoms with Crippen molar-refractivity contribution in [3.8, 4) is 0 Å². The second-order valence-corrected chi connectivity index (χ2v) is 6.89. The summed E-state index contributed by atoms with van der Waals surface area (Å²) >= 11 is 6.02. The van der Waals surface area contributed by atoms with Gasteiger partial charge in [0, 0.05) is 16.5 Å². The zero-order valence-corrected chi connectivity index (χ0v) is 16.0. The first kappa shape index (κ1) is 16.9. The molecule has 114 valence electrons. The molecule has 4 nitrogen and oxygen atoms in total. The van der Waals surface area contributed by atoms with Crippen molar-refractivity contribution < 1.29 is 0 Å². The molecule has 1 aromatic heterocycles. The summed E-state index contributed by atoms with van der Waals surface area (Å²) in [4.78, 5) is 0. The van der Waals surface area contributed by atoms with E-state index >= 15 is 0 Å². The van der Waals surface area contributed by atoms with E-state index in [9.17, 15) is 0 Å². The summed E-state index contributed by atoms with van der Waals surface area (Å²) in [6.07, 6.45) is 1.72. The van der Waals surface area contributed by atoms with E-state index in [0.717, 1.165) is 29.6 Å². The lowest BCUT2D eigenvalue weighted by molar-refractivity contribution is 0.515. The van der Waals surface area contributed by atoms with Crippen LogP contribution in [-0.4, -0.2) is 9.78 Å². The number of halogens is 2. The fourth-order valence-electron chi connectivity index (χ4n) is 2.40.